The molecule has 102 valence electrons. The highest BCUT2D eigenvalue weighted by molar-refractivity contribution is 5.93. The average Bonchev–Trinajstić information content (AvgIpc) is 2.47. The first-order chi connectivity index (χ1) is 9.25. The summed E-state index contributed by atoms with van der Waals surface area (Å²) in [7, 11) is 0. The molecule has 3 N–H and O–H groups in total. The molecule has 0 amide bonds. The Morgan fingerprint density at radius 3 is 3.11 bits per heavy atom. The van der Waals surface area contributed by atoms with E-state index < -0.39 is 0 Å². The van der Waals surface area contributed by atoms with Gasteiger partial charge in [-0.25, -0.2) is 9.97 Å². The minimum atomic E-state index is -0.0166. The summed E-state index contributed by atoms with van der Waals surface area (Å²) < 4.78 is 5.85. The molecule has 19 heavy (non-hydrogen) atoms. The van der Waals surface area contributed by atoms with Crippen molar-refractivity contribution in [3.8, 4) is 0 Å². The highest BCUT2D eigenvalue weighted by atomic mass is 16.5. The Balaban J connectivity index is 1.87. The Bertz CT molecular complexity index is 476. The molecule has 1 aliphatic heterocycles. The summed E-state index contributed by atoms with van der Waals surface area (Å²) in [5, 5.41) is 7.47. The van der Waals surface area contributed by atoms with Crippen LogP contribution in [0.15, 0.2) is 12.3 Å². The van der Waals surface area contributed by atoms with E-state index in [1.54, 1.807) is 12.3 Å². The number of anilines is 1. The number of aromatic nitrogens is 2. The van der Waals surface area contributed by atoms with Gasteiger partial charge in [0.05, 0.1) is 18.8 Å². The zero-order chi connectivity index (χ0) is 13.2. The van der Waals surface area contributed by atoms with Gasteiger partial charge < -0.3 is 15.4 Å². The van der Waals surface area contributed by atoms with Crippen LogP contribution in [0.25, 0.3) is 0 Å². The van der Waals surface area contributed by atoms with Gasteiger partial charge >= 0.3 is 0 Å². The lowest BCUT2D eigenvalue weighted by Crippen LogP contribution is -2.53. The molecule has 2 unspecified atom stereocenters. The second-order valence-corrected chi connectivity index (χ2v) is 5.11. The zero-order valence-electron chi connectivity index (χ0n) is 10.9. The van der Waals surface area contributed by atoms with Crippen molar-refractivity contribution >= 4 is 11.8 Å². The summed E-state index contributed by atoms with van der Waals surface area (Å²) in [5.74, 6) is 0.657. The van der Waals surface area contributed by atoms with Crippen molar-refractivity contribution in [2.75, 3.05) is 18.1 Å². The molecule has 1 aromatic heterocycles. The van der Waals surface area contributed by atoms with E-state index in [9.17, 15) is 0 Å². The van der Waals surface area contributed by atoms with Crippen LogP contribution in [-0.2, 0) is 4.74 Å². The minimum Gasteiger partial charge on any atom is -0.382 e. The van der Waals surface area contributed by atoms with Gasteiger partial charge in [-0.3, -0.25) is 5.41 Å². The second kappa shape index (κ2) is 5.13. The van der Waals surface area contributed by atoms with Crippen molar-refractivity contribution in [3.63, 3.8) is 0 Å². The fraction of sp³-hybridized carbons (Fsp3) is 0.615. The van der Waals surface area contributed by atoms with Crippen molar-refractivity contribution in [1.29, 1.82) is 5.41 Å². The van der Waals surface area contributed by atoms with E-state index in [4.69, 9.17) is 15.9 Å². The molecule has 1 aliphatic carbocycles. The molecule has 1 aromatic rings. The predicted octanol–water partition coefficient (Wildman–Crippen LogP) is 0.908. The van der Waals surface area contributed by atoms with Crippen molar-refractivity contribution in [1.82, 2.24) is 9.97 Å². The molecule has 0 radical (unpaired) electrons. The molecule has 6 nitrogen and oxygen atoms in total. The summed E-state index contributed by atoms with van der Waals surface area (Å²) >= 11 is 0. The molecule has 2 fully saturated rings. The molecular formula is C13H19N5O. The largest absolute Gasteiger partial charge is 0.382 e. The summed E-state index contributed by atoms with van der Waals surface area (Å²) in [4.78, 5) is 11.0. The van der Waals surface area contributed by atoms with Crippen molar-refractivity contribution in [2.24, 2.45) is 5.73 Å². The topological polar surface area (TPSA) is 88.1 Å². The minimum absolute atomic E-state index is 0.0166. The quantitative estimate of drug-likeness (QED) is 0.610. The number of morpholine rings is 1. The third-order valence-electron chi connectivity index (χ3n) is 3.91. The fourth-order valence-electron chi connectivity index (χ4n) is 2.98. The number of hydrogen-bond donors (Lipinski definition) is 2. The van der Waals surface area contributed by atoms with Gasteiger partial charge in [-0.2, -0.15) is 0 Å². The molecule has 2 atom stereocenters. The maximum Gasteiger partial charge on any atom is 0.226 e. The Kier molecular flexibility index (Phi) is 3.33. The van der Waals surface area contributed by atoms with Gasteiger partial charge in [-0.05, 0) is 18.9 Å². The Morgan fingerprint density at radius 1 is 1.42 bits per heavy atom. The van der Waals surface area contributed by atoms with E-state index in [1.807, 2.05) is 0 Å². The highest BCUT2D eigenvalue weighted by Crippen LogP contribution is 2.30. The van der Waals surface area contributed by atoms with E-state index in [0.29, 0.717) is 23.8 Å². The Labute approximate surface area is 112 Å². The molecule has 1 saturated heterocycles. The van der Waals surface area contributed by atoms with Crippen molar-refractivity contribution in [3.05, 3.63) is 18.0 Å². The van der Waals surface area contributed by atoms with E-state index in [1.165, 1.54) is 12.8 Å². The maximum atomic E-state index is 7.47. The number of amidine groups is 1. The lowest BCUT2D eigenvalue weighted by atomic mass is 9.90. The van der Waals surface area contributed by atoms with Gasteiger partial charge in [0.15, 0.2) is 0 Å². The van der Waals surface area contributed by atoms with E-state index >= 15 is 0 Å². The normalized spacial score (nSPS) is 26.8. The van der Waals surface area contributed by atoms with Crippen LogP contribution in [0.2, 0.25) is 0 Å². The van der Waals surface area contributed by atoms with Crippen LogP contribution in [0.3, 0.4) is 0 Å². The van der Waals surface area contributed by atoms with Crippen LogP contribution in [0.1, 0.15) is 31.4 Å². The third kappa shape index (κ3) is 2.40. The van der Waals surface area contributed by atoms with Gasteiger partial charge in [-0.15, -0.1) is 0 Å². The maximum absolute atomic E-state index is 7.47. The summed E-state index contributed by atoms with van der Waals surface area (Å²) in [6.45, 7) is 1.53. The number of hydrogen-bond acceptors (Lipinski definition) is 5. The molecular weight excluding hydrogens is 242 g/mol. The summed E-state index contributed by atoms with van der Waals surface area (Å²) in [5.41, 5.74) is 5.98. The molecule has 6 heteroatoms. The average molecular weight is 261 g/mol. The molecule has 1 saturated carbocycles. The van der Waals surface area contributed by atoms with Crippen LogP contribution >= 0.6 is 0 Å². The number of rotatable bonds is 2. The summed E-state index contributed by atoms with van der Waals surface area (Å²) in [6, 6.07) is 2.04. The van der Waals surface area contributed by atoms with Crippen molar-refractivity contribution in [2.45, 2.75) is 37.8 Å². The first-order valence-electron chi connectivity index (χ1n) is 6.81. The van der Waals surface area contributed by atoms with Gasteiger partial charge in [-0.1, -0.05) is 12.8 Å². The molecule has 3 rings (SSSR count). The Morgan fingerprint density at radius 2 is 2.26 bits per heavy atom. The fourth-order valence-corrected chi connectivity index (χ4v) is 2.98. The monoisotopic (exact) mass is 261 g/mol. The van der Waals surface area contributed by atoms with Gasteiger partial charge in [0.25, 0.3) is 0 Å². The predicted molar refractivity (Wildman–Crippen MR) is 72.4 cm³/mol. The van der Waals surface area contributed by atoms with Crippen LogP contribution in [0.4, 0.5) is 5.95 Å². The Hall–Kier alpha value is -1.69. The van der Waals surface area contributed by atoms with Crippen molar-refractivity contribution < 1.29 is 4.74 Å². The second-order valence-electron chi connectivity index (χ2n) is 5.11. The van der Waals surface area contributed by atoms with Crippen LogP contribution < -0.4 is 10.6 Å². The van der Waals surface area contributed by atoms with Crippen LogP contribution in [0.5, 0.6) is 0 Å². The summed E-state index contributed by atoms with van der Waals surface area (Å²) in [6.07, 6.45) is 6.68. The number of nitrogen functional groups attached to an aromatic ring is 1. The van der Waals surface area contributed by atoms with Gasteiger partial charge in [0.1, 0.15) is 11.5 Å². The third-order valence-corrected chi connectivity index (χ3v) is 3.91. The molecule has 0 aromatic carbocycles. The van der Waals surface area contributed by atoms with Gasteiger partial charge in [0.2, 0.25) is 5.95 Å². The standard InChI is InChI=1S/C13H19N5O/c14-12(15)9-5-6-16-13(17-9)18-7-8-19-11-4-2-1-3-10(11)18/h5-6,10-11H,1-4,7-8H2,(H3,14,15). The number of nitrogens with one attached hydrogen (secondary N) is 1. The highest BCUT2D eigenvalue weighted by Gasteiger charge is 2.35. The molecule has 0 bridgehead atoms. The number of ether oxygens (including phenoxy) is 1. The molecule has 2 aliphatic rings. The zero-order valence-corrected chi connectivity index (χ0v) is 10.9. The van der Waals surface area contributed by atoms with E-state index in [2.05, 4.69) is 14.9 Å². The van der Waals surface area contributed by atoms with Crippen LogP contribution in [0, 0.1) is 5.41 Å². The molecule has 2 heterocycles. The van der Waals surface area contributed by atoms with E-state index in [0.717, 1.165) is 26.0 Å². The number of fused-ring (bicyclic) bond motifs is 1. The first-order valence-corrected chi connectivity index (χ1v) is 6.81. The first kappa shape index (κ1) is 12.3. The SMILES string of the molecule is N=C(N)c1ccnc(N2CCOC3CCCCC32)n1. The number of nitrogens with two attached hydrogens (primary N) is 1. The smallest absolute Gasteiger partial charge is 0.226 e. The molecule has 0 spiro atoms. The van der Waals surface area contributed by atoms with Gasteiger partial charge in [0, 0.05) is 12.7 Å². The van der Waals surface area contributed by atoms with E-state index in [-0.39, 0.29) is 5.84 Å². The number of nitrogens with zero attached hydrogens (tertiary/aromatic N) is 3. The lowest BCUT2D eigenvalue weighted by molar-refractivity contribution is -0.00932. The lowest BCUT2D eigenvalue weighted by Gasteiger charge is -2.43. The van der Waals surface area contributed by atoms with Crippen LogP contribution in [-0.4, -0.2) is 41.1 Å².